The van der Waals surface area contributed by atoms with Crippen molar-refractivity contribution in [2.75, 3.05) is 6.54 Å². The van der Waals surface area contributed by atoms with Gasteiger partial charge in [0.1, 0.15) is 0 Å². The Morgan fingerprint density at radius 2 is 2.14 bits per heavy atom. The number of aryl methyl sites for hydroxylation is 1. The molecule has 1 unspecified atom stereocenters. The van der Waals surface area contributed by atoms with Gasteiger partial charge in [-0.05, 0) is 49.9 Å². The largest absolute Gasteiger partial charge is 0.309 e. The van der Waals surface area contributed by atoms with Gasteiger partial charge in [-0.3, -0.25) is 0 Å². The second kappa shape index (κ2) is 7.03. The van der Waals surface area contributed by atoms with Crippen molar-refractivity contribution in [1.82, 2.24) is 10.3 Å². The van der Waals surface area contributed by atoms with E-state index in [0.29, 0.717) is 6.04 Å². The Bertz CT molecular complexity index is 591. The Morgan fingerprint density at radius 3 is 2.90 bits per heavy atom. The van der Waals surface area contributed by atoms with Crippen molar-refractivity contribution in [3.8, 4) is 0 Å². The molecule has 0 radical (unpaired) electrons. The quantitative estimate of drug-likeness (QED) is 0.817. The van der Waals surface area contributed by atoms with Crippen molar-refractivity contribution in [3.05, 3.63) is 49.9 Å². The molecule has 1 heterocycles. The zero-order valence-electron chi connectivity index (χ0n) is 12.4. The van der Waals surface area contributed by atoms with Crippen LogP contribution in [0.1, 0.15) is 53.4 Å². The number of hydrogen-bond acceptors (Lipinski definition) is 3. The van der Waals surface area contributed by atoms with E-state index in [0.717, 1.165) is 17.4 Å². The molecule has 1 aliphatic carbocycles. The van der Waals surface area contributed by atoms with Gasteiger partial charge in [0.2, 0.25) is 0 Å². The number of halogens is 1. The lowest BCUT2D eigenvalue weighted by Gasteiger charge is -2.22. The first-order valence-corrected chi connectivity index (χ1v) is 9.33. The molecule has 1 atom stereocenters. The molecular formula is C17H21BrN2S. The van der Waals surface area contributed by atoms with Gasteiger partial charge in [-0.15, -0.1) is 11.3 Å². The van der Waals surface area contributed by atoms with Crippen molar-refractivity contribution in [1.29, 1.82) is 0 Å². The first-order valence-electron chi connectivity index (χ1n) is 7.72. The Morgan fingerprint density at radius 1 is 1.33 bits per heavy atom. The van der Waals surface area contributed by atoms with E-state index in [1.807, 2.05) is 11.3 Å². The van der Waals surface area contributed by atoms with Crippen LogP contribution < -0.4 is 5.32 Å². The van der Waals surface area contributed by atoms with Gasteiger partial charge in [0.15, 0.2) is 0 Å². The minimum absolute atomic E-state index is 0.476. The zero-order valence-corrected chi connectivity index (χ0v) is 14.8. The average molecular weight is 365 g/mol. The molecule has 0 bridgehead atoms. The lowest BCUT2D eigenvalue weighted by Crippen LogP contribution is -2.25. The number of aromatic nitrogens is 1. The summed E-state index contributed by atoms with van der Waals surface area (Å²) in [6, 6.07) is 9.04. The molecule has 3 rings (SSSR count). The predicted octanol–water partition coefficient (Wildman–Crippen LogP) is 4.87. The molecule has 0 spiro atoms. The molecule has 112 valence electrons. The molecule has 4 heteroatoms. The van der Waals surface area contributed by atoms with Crippen LogP contribution in [0.5, 0.6) is 0 Å². The van der Waals surface area contributed by atoms with Gasteiger partial charge in [0.25, 0.3) is 0 Å². The fourth-order valence-electron chi connectivity index (χ4n) is 2.84. The Kier molecular flexibility index (Phi) is 5.09. The normalized spacial score (nSPS) is 17.7. The zero-order chi connectivity index (χ0) is 14.7. The fraction of sp³-hybridized carbons (Fsp3) is 0.471. The highest BCUT2D eigenvalue weighted by Gasteiger charge is 2.24. The average Bonchev–Trinajstić information content (AvgIpc) is 2.90. The van der Waals surface area contributed by atoms with Gasteiger partial charge in [0, 0.05) is 15.8 Å². The summed E-state index contributed by atoms with van der Waals surface area (Å²) in [6.45, 7) is 3.31. The summed E-state index contributed by atoms with van der Waals surface area (Å²) in [5, 5.41) is 4.91. The van der Waals surface area contributed by atoms with Crippen LogP contribution in [0.3, 0.4) is 0 Å². The van der Waals surface area contributed by atoms with Crippen LogP contribution in [0.2, 0.25) is 0 Å². The summed E-state index contributed by atoms with van der Waals surface area (Å²) in [6.07, 6.45) is 5.85. The molecule has 0 saturated carbocycles. The van der Waals surface area contributed by atoms with Gasteiger partial charge in [-0.1, -0.05) is 35.0 Å². The minimum atomic E-state index is 0.476. The third kappa shape index (κ3) is 3.74. The molecule has 21 heavy (non-hydrogen) atoms. The van der Waals surface area contributed by atoms with E-state index >= 15 is 0 Å². The van der Waals surface area contributed by atoms with Crippen LogP contribution in [0.4, 0.5) is 0 Å². The molecule has 2 aromatic rings. The molecule has 0 amide bonds. The Balaban J connectivity index is 1.76. The Labute approximate surface area is 139 Å². The maximum absolute atomic E-state index is 4.95. The van der Waals surface area contributed by atoms with E-state index in [-0.39, 0.29) is 0 Å². The van der Waals surface area contributed by atoms with Gasteiger partial charge < -0.3 is 5.32 Å². The minimum Gasteiger partial charge on any atom is -0.309 e. The molecule has 1 aromatic carbocycles. The highest BCUT2D eigenvalue weighted by molar-refractivity contribution is 9.10. The number of rotatable bonds is 5. The number of hydrogen-bond donors (Lipinski definition) is 1. The van der Waals surface area contributed by atoms with Crippen molar-refractivity contribution in [2.24, 2.45) is 0 Å². The molecule has 1 aromatic heterocycles. The number of fused-ring (bicyclic) bond motifs is 1. The first-order chi connectivity index (χ1) is 10.3. The molecule has 1 aliphatic rings. The smallest absolute Gasteiger partial charge is 0.0975 e. The van der Waals surface area contributed by atoms with Crippen molar-refractivity contribution < 1.29 is 0 Å². The lowest BCUT2D eigenvalue weighted by molar-refractivity contribution is 0.454. The maximum atomic E-state index is 4.95. The topological polar surface area (TPSA) is 24.9 Å². The van der Waals surface area contributed by atoms with Gasteiger partial charge in [-0.2, -0.15) is 0 Å². The summed E-state index contributed by atoms with van der Waals surface area (Å²) in [5.74, 6) is 0. The van der Waals surface area contributed by atoms with E-state index in [9.17, 15) is 0 Å². The fourth-order valence-corrected chi connectivity index (χ4v) is 4.31. The van der Waals surface area contributed by atoms with Crippen LogP contribution in [0.25, 0.3) is 0 Å². The second-order valence-corrected chi connectivity index (χ2v) is 7.70. The standard InChI is InChI=1S/C17H21BrN2S/c1-2-10-19-14-4-3-5-15-17(14)20-16(21-15)11-12-6-8-13(18)9-7-12/h6-9,14,19H,2-5,10-11H2,1H3. The maximum Gasteiger partial charge on any atom is 0.0975 e. The van der Waals surface area contributed by atoms with E-state index in [2.05, 4.69) is 52.4 Å². The van der Waals surface area contributed by atoms with E-state index < -0.39 is 0 Å². The van der Waals surface area contributed by atoms with Gasteiger partial charge >= 0.3 is 0 Å². The third-order valence-corrected chi connectivity index (χ3v) is 5.57. The number of nitrogens with one attached hydrogen (secondary N) is 1. The van der Waals surface area contributed by atoms with E-state index in [1.165, 1.54) is 46.8 Å². The SMILES string of the molecule is CCCNC1CCCc2sc(Cc3ccc(Br)cc3)nc21. The van der Waals surface area contributed by atoms with Crippen LogP contribution in [0.15, 0.2) is 28.7 Å². The van der Waals surface area contributed by atoms with Gasteiger partial charge in [-0.25, -0.2) is 4.98 Å². The monoisotopic (exact) mass is 364 g/mol. The molecule has 2 nitrogen and oxygen atoms in total. The molecule has 0 saturated heterocycles. The predicted molar refractivity (Wildman–Crippen MR) is 93.0 cm³/mol. The highest BCUT2D eigenvalue weighted by Crippen LogP contribution is 2.34. The number of benzene rings is 1. The molecular weight excluding hydrogens is 344 g/mol. The number of nitrogens with zero attached hydrogens (tertiary/aromatic N) is 1. The van der Waals surface area contributed by atoms with Crippen LogP contribution in [-0.4, -0.2) is 11.5 Å². The molecule has 0 fully saturated rings. The van der Waals surface area contributed by atoms with Crippen molar-refractivity contribution in [3.63, 3.8) is 0 Å². The molecule has 1 N–H and O–H groups in total. The van der Waals surface area contributed by atoms with Crippen LogP contribution in [-0.2, 0) is 12.8 Å². The van der Waals surface area contributed by atoms with E-state index in [1.54, 1.807) is 0 Å². The van der Waals surface area contributed by atoms with Crippen molar-refractivity contribution >= 4 is 27.3 Å². The van der Waals surface area contributed by atoms with Gasteiger partial charge in [0.05, 0.1) is 16.7 Å². The summed E-state index contributed by atoms with van der Waals surface area (Å²) < 4.78 is 1.13. The summed E-state index contributed by atoms with van der Waals surface area (Å²) in [5.41, 5.74) is 2.66. The van der Waals surface area contributed by atoms with Crippen LogP contribution >= 0.6 is 27.3 Å². The molecule has 0 aliphatic heterocycles. The highest BCUT2D eigenvalue weighted by atomic mass is 79.9. The first kappa shape index (κ1) is 15.2. The van der Waals surface area contributed by atoms with E-state index in [4.69, 9.17) is 4.98 Å². The third-order valence-electron chi connectivity index (χ3n) is 3.91. The van der Waals surface area contributed by atoms with Crippen molar-refractivity contribution in [2.45, 2.75) is 45.1 Å². The summed E-state index contributed by atoms with van der Waals surface area (Å²) >= 11 is 5.40. The second-order valence-electron chi connectivity index (χ2n) is 5.62. The Hall–Kier alpha value is -0.710. The van der Waals surface area contributed by atoms with Crippen LogP contribution in [0, 0.1) is 0 Å². The summed E-state index contributed by atoms with van der Waals surface area (Å²) in [7, 11) is 0. The number of thiazole rings is 1. The lowest BCUT2D eigenvalue weighted by atomic mass is 9.97. The summed E-state index contributed by atoms with van der Waals surface area (Å²) in [4.78, 5) is 6.45.